The SMILES string of the molecule is OC(CSc1nc2n(n1)CNc1ccccc1-2)c1ccccc1. The molecule has 0 saturated carbocycles. The molecule has 2 heterocycles. The van der Waals surface area contributed by atoms with Gasteiger partial charge in [0.05, 0.1) is 6.10 Å². The molecule has 4 rings (SSSR count). The molecule has 1 aliphatic heterocycles. The van der Waals surface area contributed by atoms with Crippen molar-refractivity contribution < 1.29 is 5.11 Å². The molecule has 1 atom stereocenters. The van der Waals surface area contributed by atoms with Gasteiger partial charge in [0.1, 0.15) is 6.67 Å². The molecule has 1 aromatic heterocycles. The van der Waals surface area contributed by atoms with Gasteiger partial charge in [-0.1, -0.05) is 54.2 Å². The first-order chi connectivity index (χ1) is 11.3. The average molecular weight is 324 g/mol. The van der Waals surface area contributed by atoms with Crippen LogP contribution in [0.2, 0.25) is 0 Å². The molecule has 5 nitrogen and oxygen atoms in total. The standard InChI is InChI=1S/C17H16N4OS/c22-15(12-6-2-1-3-7-12)10-23-17-19-16-13-8-4-5-9-14(13)18-11-21(16)20-17/h1-9,15,18,22H,10-11H2. The summed E-state index contributed by atoms with van der Waals surface area (Å²) in [6, 6.07) is 17.7. The molecule has 0 fully saturated rings. The second kappa shape index (κ2) is 6.06. The Bertz CT molecular complexity index is 818. The summed E-state index contributed by atoms with van der Waals surface area (Å²) in [6.45, 7) is 0.612. The molecule has 0 amide bonds. The third kappa shape index (κ3) is 2.83. The molecule has 0 saturated heterocycles. The van der Waals surface area contributed by atoms with Gasteiger partial charge in [0.25, 0.3) is 0 Å². The van der Waals surface area contributed by atoms with E-state index in [2.05, 4.69) is 15.4 Å². The molecule has 2 N–H and O–H groups in total. The van der Waals surface area contributed by atoms with Crippen LogP contribution in [0, 0.1) is 0 Å². The summed E-state index contributed by atoms with van der Waals surface area (Å²) in [4.78, 5) is 4.62. The smallest absolute Gasteiger partial charge is 0.209 e. The number of nitrogens with one attached hydrogen (secondary N) is 1. The first kappa shape index (κ1) is 14.3. The fraction of sp³-hybridized carbons (Fsp3) is 0.176. The van der Waals surface area contributed by atoms with E-state index >= 15 is 0 Å². The monoisotopic (exact) mass is 324 g/mol. The quantitative estimate of drug-likeness (QED) is 0.722. The van der Waals surface area contributed by atoms with E-state index in [1.165, 1.54) is 11.8 Å². The average Bonchev–Trinajstić information content (AvgIpc) is 3.04. The Hall–Kier alpha value is -2.31. The molecule has 1 unspecified atom stereocenters. The Kier molecular flexibility index (Phi) is 3.77. The number of hydrogen-bond acceptors (Lipinski definition) is 5. The Morgan fingerprint density at radius 1 is 1.13 bits per heavy atom. The third-order valence-electron chi connectivity index (χ3n) is 3.79. The van der Waals surface area contributed by atoms with Crippen molar-refractivity contribution in [3.8, 4) is 11.4 Å². The number of rotatable bonds is 4. The van der Waals surface area contributed by atoms with Gasteiger partial charge in [0, 0.05) is 17.0 Å². The fourth-order valence-electron chi connectivity index (χ4n) is 2.61. The van der Waals surface area contributed by atoms with Crippen LogP contribution in [-0.2, 0) is 6.67 Å². The maximum Gasteiger partial charge on any atom is 0.209 e. The van der Waals surface area contributed by atoms with Crippen LogP contribution < -0.4 is 5.32 Å². The van der Waals surface area contributed by atoms with Gasteiger partial charge < -0.3 is 10.4 Å². The van der Waals surface area contributed by atoms with E-state index in [1.54, 1.807) is 0 Å². The number of nitrogens with zero attached hydrogens (tertiary/aromatic N) is 3. The molecular formula is C17H16N4OS. The third-order valence-corrected chi connectivity index (χ3v) is 4.71. The van der Waals surface area contributed by atoms with Gasteiger partial charge in [-0.15, -0.1) is 5.10 Å². The van der Waals surface area contributed by atoms with Crippen LogP contribution in [-0.4, -0.2) is 25.6 Å². The van der Waals surface area contributed by atoms with Gasteiger partial charge in [0.2, 0.25) is 5.16 Å². The maximum atomic E-state index is 10.2. The normalized spacial score (nSPS) is 13.8. The molecule has 6 heteroatoms. The van der Waals surface area contributed by atoms with Crippen molar-refractivity contribution >= 4 is 17.4 Å². The Morgan fingerprint density at radius 3 is 2.78 bits per heavy atom. The van der Waals surface area contributed by atoms with Crippen molar-refractivity contribution in [1.29, 1.82) is 0 Å². The lowest BCUT2D eigenvalue weighted by Crippen LogP contribution is -2.16. The number of para-hydroxylation sites is 1. The van der Waals surface area contributed by atoms with Crippen LogP contribution in [0.25, 0.3) is 11.4 Å². The van der Waals surface area contributed by atoms with E-state index in [-0.39, 0.29) is 0 Å². The fourth-order valence-corrected chi connectivity index (χ4v) is 3.42. The van der Waals surface area contributed by atoms with Gasteiger partial charge in [-0.25, -0.2) is 9.67 Å². The van der Waals surface area contributed by atoms with Crippen LogP contribution in [0.5, 0.6) is 0 Å². The predicted octanol–water partition coefficient (Wildman–Crippen LogP) is 3.15. The van der Waals surface area contributed by atoms with E-state index < -0.39 is 6.10 Å². The number of aliphatic hydroxyl groups excluding tert-OH is 1. The van der Waals surface area contributed by atoms with Crippen LogP contribution in [0.1, 0.15) is 11.7 Å². The summed E-state index contributed by atoms with van der Waals surface area (Å²) < 4.78 is 1.86. The molecule has 0 spiro atoms. The molecular weight excluding hydrogens is 308 g/mol. The number of hydrogen-bond donors (Lipinski definition) is 2. The van der Waals surface area contributed by atoms with E-state index in [0.29, 0.717) is 17.6 Å². The number of aromatic nitrogens is 3. The van der Waals surface area contributed by atoms with E-state index in [4.69, 9.17) is 0 Å². The summed E-state index contributed by atoms with van der Waals surface area (Å²) >= 11 is 1.47. The van der Waals surface area contributed by atoms with E-state index in [9.17, 15) is 5.11 Å². The first-order valence-corrected chi connectivity index (χ1v) is 8.44. The summed E-state index contributed by atoms with van der Waals surface area (Å²) in [5.41, 5.74) is 3.05. The highest BCUT2D eigenvalue weighted by Crippen LogP contribution is 2.32. The van der Waals surface area contributed by atoms with Gasteiger partial charge in [-0.05, 0) is 17.7 Å². The zero-order valence-electron chi connectivity index (χ0n) is 12.4. The van der Waals surface area contributed by atoms with Crippen molar-refractivity contribution in [1.82, 2.24) is 14.8 Å². The van der Waals surface area contributed by atoms with Crippen molar-refractivity contribution in [2.45, 2.75) is 17.9 Å². The summed E-state index contributed by atoms with van der Waals surface area (Å²) in [5.74, 6) is 1.40. The molecule has 116 valence electrons. The zero-order valence-corrected chi connectivity index (χ0v) is 13.2. The molecule has 0 bridgehead atoms. The Labute approximate surface area is 138 Å². The summed E-state index contributed by atoms with van der Waals surface area (Å²) in [6.07, 6.45) is -0.521. The minimum atomic E-state index is -0.521. The topological polar surface area (TPSA) is 63.0 Å². The second-order valence-electron chi connectivity index (χ2n) is 5.34. The van der Waals surface area contributed by atoms with Crippen molar-refractivity contribution in [2.75, 3.05) is 11.1 Å². The van der Waals surface area contributed by atoms with Crippen LogP contribution in [0.4, 0.5) is 5.69 Å². The highest BCUT2D eigenvalue weighted by Gasteiger charge is 2.20. The molecule has 0 radical (unpaired) electrons. The number of benzene rings is 2. The van der Waals surface area contributed by atoms with Gasteiger partial charge in [0.15, 0.2) is 5.82 Å². The molecule has 3 aromatic rings. The minimum Gasteiger partial charge on any atom is -0.388 e. The highest BCUT2D eigenvalue weighted by atomic mass is 32.2. The van der Waals surface area contributed by atoms with Crippen LogP contribution in [0.15, 0.2) is 59.8 Å². The van der Waals surface area contributed by atoms with E-state index in [0.717, 1.165) is 22.6 Å². The van der Waals surface area contributed by atoms with Crippen molar-refractivity contribution in [2.24, 2.45) is 0 Å². The molecule has 23 heavy (non-hydrogen) atoms. The molecule has 2 aromatic carbocycles. The Balaban J connectivity index is 1.51. The summed E-state index contributed by atoms with van der Waals surface area (Å²) in [5, 5.41) is 18.8. The highest BCUT2D eigenvalue weighted by molar-refractivity contribution is 7.99. The number of thioether (sulfide) groups is 1. The lowest BCUT2D eigenvalue weighted by molar-refractivity contribution is 0.204. The first-order valence-electron chi connectivity index (χ1n) is 7.45. The second-order valence-corrected chi connectivity index (χ2v) is 6.32. The van der Waals surface area contributed by atoms with Crippen molar-refractivity contribution in [3.05, 3.63) is 60.2 Å². The zero-order chi connectivity index (χ0) is 15.6. The van der Waals surface area contributed by atoms with Gasteiger partial charge in [-0.3, -0.25) is 0 Å². The number of aliphatic hydroxyl groups is 1. The Morgan fingerprint density at radius 2 is 1.91 bits per heavy atom. The largest absolute Gasteiger partial charge is 0.388 e. The van der Waals surface area contributed by atoms with Crippen LogP contribution >= 0.6 is 11.8 Å². The minimum absolute atomic E-state index is 0.521. The predicted molar refractivity (Wildman–Crippen MR) is 91.2 cm³/mol. The van der Waals surface area contributed by atoms with E-state index in [1.807, 2.05) is 59.3 Å². The van der Waals surface area contributed by atoms with Gasteiger partial charge in [-0.2, -0.15) is 0 Å². The lowest BCUT2D eigenvalue weighted by atomic mass is 10.1. The molecule has 0 aliphatic carbocycles. The van der Waals surface area contributed by atoms with Crippen LogP contribution in [0.3, 0.4) is 0 Å². The maximum absolute atomic E-state index is 10.2. The lowest BCUT2D eigenvalue weighted by Gasteiger charge is -2.17. The number of fused-ring (bicyclic) bond motifs is 3. The van der Waals surface area contributed by atoms with Gasteiger partial charge >= 0.3 is 0 Å². The number of anilines is 1. The summed E-state index contributed by atoms with van der Waals surface area (Å²) in [7, 11) is 0. The van der Waals surface area contributed by atoms with Crippen molar-refractivity contribution in [3.63, 3.8) is 0 Å². The molecule has 1 aliphatic rings.